The predicted molar refractivity (Wildman–Crippen MR) is 98.5 cm³/mol. The number of nitrogens with zero attached hydrogens (tertiary/aromatic N) is 2. The van der Waals surface area contributed by atoms with Gasteiger partial charge in [-0.15, -0.1) is 0 Å². The van der Waals surface area contributed by atoms with Crippen LogP contribution in [0.3, 0.4) is 0 Å². The first-order chi connectivity index (χ1) is 12.9. The number of carbonyl (C=O) groups excluding carboxylic acids is 2. The third-order valence-electron chi connectivity index (χ3n) is 4.66. The standard InChI is InChI=1S/C19H19N3O5/c1-12-6-11-17(27-19(20)24)21(16-5-3-2-4-15(12)16)18(23)13-7-9-14(10-8-13)22(25)26/h2-5,7-10,12,17H,6,11H2,1H3,(H2,20,24). The molecule has 0 bridgehead atoms. The zero-order valence-corrected chi connectivity index (χ0v) is 14.7. The van der Waals surface area contributed by atoms with Crippen LogP contribution in [0.4, 0.5) is 16.2 Å². The van der Waals surface area contributed by atoms with E-state index in [1.807, 2.05) is 19.1 Å². The molecule has 0 aromatic heterocycles. The van der Waals surface area contributed by atoms with Gasteiger partial charge in [-0.3, -0.25) is 19.8 Å². The maximum atomic E-state index is 13.2. The number of para-hydroxylation sites is 1. The normalized spacial score (nSPS) is 18.9. The lowest BCUT2D eigenvalue weighted by Gasteiger charge is -2.30. The Bertz CT molecular complexity index is 881. The highest BCUT2D eigenvalue weighted by Gasteiger charge is 2.34. The molecule has 0 spiro atoms. The van der Waals surface area contributed by atoms with Gasteiger partial charge in [0.25, 0.3) is 11.6 Å². The van der Waals surface area contributed by atoms with Crippen LogP contribution in [-0.2, 0) is 4.74 Å². The van der Waals surface area contributed by atoms with E-state index in [1.54, 1.807) is 12.1 Å². The molecule has 0 saturated heterocycles. The van der Waals surface area contributed by atoms with E-state index in [-0.39, 0.29) is 17.2 Å². The van der Waals surface area contributed by atoms with E-state index >= 15 is 0 Å². The Labute approximate surface area is 155 Å². The van der Waals surface area contributed by atoms with Crippen LogP contribution < -0.4 is 10.6 Å². The van der Waals surface area contributed by atoms with E-state index in [0.717, 1.165) is 5.56 Å². The van der Waals surface area contributed by atoms with E-state index in [0.29, 0.717) is 18.5 Å². The number of nitro benzene ring substituents is 1. The summed E-state index contributed by atoms with van der Waals surface area (Å²) >= 11 is 0. The lowest BCUT2D eigenvalue weighted by atomic mass is 9.96. The van der Waals surface area contributed by atoms with Crippen LogP contribution in [0.2, 0.25) is 0 Å². The van der Waals surface area contributed by atoms with Crippen molar-refractivity contribution in [3.8, 4) is 0 Å². The largest absolute Gasteiger partial charge is 0.425 e. The molecule has 0 radical (unpaired) electrons. The van der Waals surface area contributed by atoms with Gasteiger partial charge in [-0.05, 0) is 36.1 Å². The molecular weight excluding hydrogens is 350 g/mol. The van der Waals surface area contributed by atoms with Crippen LogP contribution in [0.25, 0.3) is 0 Å². The van der Waals surface area contributed by atoms with E-state index in [4.69, 9.17) is 10.5 Å². The zero-order chi connectivity index (χ0) is 19.6. The summed E-state index contributed by atoms with van der Waals surface area (Å²) in [5.41, 5.74) is 6.95. The Balaban J connectivity index is 2.05. The van der Waals surface area contributed by atoms with Gasteiger partial charge in [0.05, 0.1) is 10.6 Å². The molecule has 2 amide bonds. The lowest BCUT2D eigenvalue weighted by molar-refractivity contribution is -0.384. The second-order valence-corrected chi connectivity index (χ2v) is 6.41. The van der Waals surface area contributed by atoms with Gasteiger partial charge in [-0.25, -0.2) is 4.79 Å². The van der Waals surface area contributed by atoms with Crippen molar-refractivity contribution in [1.29, 1.82) is 0 Å². The quantitative estimate of drug-likeness (QED) is 0.656. The number of nitrogens with two attached hydrogens (primary N) is 1. The van der Waals surface area contributed by atoms with Crippen molar-refractivity contribution in [1.82, 2.24) is 0 Å². The number of benzene rings is 2. The van der Waals surface area contributed by atoms with Crippen molar-refractivity contribution in [3.63, 3.8) is 0 Å². The number of anilines is 1. The number of amides is 2. The molecule has 1 aliphatic heterocycles. The number of rotatable bonds is 3. The molecule has 27 heavy (non-hydrogen) atoms. The molecule has 2 aromatic carbocycles. The van der Waals surface area contributed by atoms with Crippen LogP contribution in [0.1, 0.15) is 41.6 Å². The summed E-state index contributed by atoms with van der Waals surface area (Å²) in [6.45, 7) is 2.04. The van der Waals surface area contributed by atoms with Crippen molar-refractivity contribution in [2.24, 2.45) is 5.73 Å². The number of fused-ring (bicyclic) bond motifs is 1. The Hall–Kier alpha value is -3.42. The van der Waals surface area contributed by atoms with Crippen molar-refractivity contribution < 1.29 is 19.2 Å². The predicted octanol–water partition coefficient (Wildman–Crippen LogP) is 3.56. The molecule has 2 N–H and O–H groups in total. The van der Waals surface area contributed by atoms with Gasteiger partial charge in [0.15, 0.2) is 6.23 Å². The fourth-order valence-corrected chi connectivity index (χ4v) is 3.31. The van der Waals surface area contributed by atoms with Crippen LogP contribution in [0.15, 0.2) is 48.5 Å². The van der Waals surface area contributed by atoms with Gasteiger partial charge in [0, 0.05) is 24.1 Å². The molecular formula is C19H19N3O5. The van der Waals surface area contributed by atoms with Crippen LogP contribution in [0, 0.1) is 10.1 Å². The number of nitro groups is 1. The highest BCUT2D eigenvalue weighted by molar-refractivity contribution is 6.07. The van der Waals surface area contributed by atoms with Crippen molar-refractivity contribution in [2.45, 2.75) is 31.9 Å². The van der Waals surface area contributed by atoms with Crippen LogP contribution in [0.5, 0.6) is 0 Å². The Kier molecular flexibility index (Phi) is 5.07. The molecule has 0 aliphatic carbocycles. The molecule has 0 saturated carbocycles. The van der Waals surface area contributed by atoms with Crippen molar-refractivity contribution >= 4 is 23.4 Å². The summed E-state index contributed by atoms with van der Waals surface area (Å²) in [7, 11) is 0. The average Bonchev–Trinajstić information content (AvgIpc) is 2.78. The second kappa shape index (κ2) is 7.45. The molecule has 1 aliphatic rings. The molecule has 1 heterocycles. The third-order valence-corrected chi connectivity index (χ3v) is 4.66. The van der Waals surface area contributed by atoms with Crippen molar-refractivity contribution in [3.05, 3.63) is 69.8 Å². The molecule has 2 aromatic rings. The fraction of sp³-hybridized carbons (Fsp3) is 0.263. The van der Waals surface area contributed by atoms with Crippen LogP contribution in [-0.4, -0.2) is 23.2 Å². The second-order valence-electron chi connectivity index (χ2n) is 6.41. The highest BCUT2D eigenvalue weighted by atomic mass is 16.6. The van der Waals surface area contributed by atoms with Crippen molar-refractivity contribution in [2.75, 3.05) is 4.90 Å². The lowest BCUT2D eigenvalue weighted by Crippen LogP contribution is -2.44. The smallest absolute Gasteiger partial charge is 0.406 e. The Morgan fingerprint density at radius 2 is 1.81 bits per heavy atom. The number of hydrogen-bond donors (Lipinski definition) is 1. The maximum absolute atomic E-state index is 13.2. The maximum Gasteiger partial charge on any atom is 0.406 e. The van der Waals surface area contributed by atoms with Gasteiger partial charge in [0.1, 0.15) is 0 Å². The first-order valence-corrected chi connectivity index (χ1v) is 8.51. The molecule has 140 valence electrons. The van der Waals surface area contributed by atoms with Crippen LogP contribution >= 0.6 is 0 Å². The molecule has 2 unspecified atom stereocenters. The summed E-state index contributed by atoms with van der Waals surface area (Å²) in [6.07, 6.45) is -0.680. The molecule has 2 atom stereocenters. The van der Waals surface area contributed by atoms with Gasteiger partial charge >= 0.3 is 6.09 Å². The average molecular weight is 369 g/mol. The number of non-ortho nitro benzene ring substituents is 1. The fourth-order valence-electron chi connectivity index (χ4n) is 3.31. The Morgan fingerprint density at radius 1 is 1.15 bits per heavy atom. The van der Waals surface area contributed by atoms with Gasteiger partial charge in [-0.2, -0.15) is 0 Å². The molecule has 0 fully saturated rings. The van der Waals surface area contributed by atoms with E-state index in [9.17, 15) is 19.7 Å². The van der Waals surface area contributed by atoms with Gasteiger partial charge in [0.2, 0.25) is 0 Å². The Morgan fingerprint density at radius 3 is 2.44 bits per heavy atom. The summed E-state index contributed by atoms with van der Waals surface area (Å²) in [5, 5.41) is 10.8. The minimum atomic E-state index is -0.964. The minimum absolute atomic E-state index is 0.110. The topological polar surface area (TPSA) is 116 Å². The molecule has 8 nitrogen and oxygen atoms in total. The summed E-state index contributed by atoms with van der Waals surface area (Å²) in [6, 6.07) is 12.7. The first kappa shape index (κ1) is 18.4. The summed E-state index contributed by atoms with van der Waals surface area (Å²) < 4.78 is 5.23. The first-order valence-electron chi connectivity index (χ1n) is 8.51. The van der Waals surface area contributed by atoms with Gasteiger partial charge in [-0.1, -0.05) is 25.1 Å². The number of hydrogen-bond acceptors (Lipinski definition) is 5. The minimum Gasteiger partial charge on any atom is -0.425 e. The molecule has 8 heteroatoms. The molecule has 3 rings (SSSR count). The SMILES string of the molecule is CC1CCC(OC(N)=O)N(C(=O)c2ccc([N+](=O)[O-])cc2)c2ccccc21. The monoisotopic (exact) mass is 369 g/mol. The summed E-state index contributed by atoms with van der Waals surface area (Å²) in [5.74, 6) is -0.257. The highest BCUT2D eigenvalue weighted by Crippen LogP contribution is 2.37. The number of carbonyl (C=O) groups is 2. The number of ether oxygens (including phenoxy) is 1. The van der Waals surface area contributed by atoms with E-state index in [2.05, 4.69) is 0 Å². The summed E-state index contributed by atoms with van der Waals surface area (Å²) in [4.78, 5) is 36.3. The number of primary amides is 1. The van der Waals surface area contributed by atoms with Gasteiger partial charge < -0.3 is 10.5 Å². The van der Waals surface area contributed by atoms with E-state index in [1.165, 1.54) is 29.2 Å². The third kappa shape index (κ3) is 3.74. The van der Waals surface area contributed by atoms with E-state index < -0.39 is 23.2 Å². The zero-order valence-electron chi connectivity index (χ0n) is 14.7.